The molecule has 2 nitrogen and oxygen atoms in total. The van der Waals surface area contributed by atoms with E-state index in [1.54, 1.807) is 22.7 Å². The lowest BCUT2D eigenvalue weighted by Gasteiger charge is -2.19. The molecule has 2 fully saturated rings. The molecule has 0 spiro atoms. The first-order valence-electron chi connectivity index (χ1n) is 6.82. The number of rotatable bonds is 2. The normalized spacial score (nSPS) is 39.4. The van der Waals surface area contributed by atoms with Crippen molar-refractivity contribution in [1.82, 2.24) is 0 Å². The quantitative estimate of drug-likeness (QED) is 0.797. The Kier molecular flexibility index (Phi) is 1.89. The third kappa shape index (κ3) is 1.05. The largest absolute Gasteiger partial charge is 0.302 e. The fourth-order valence-corrected chi connectivity index (χ4v) is 6.22. The molecule has 0 saturated heterocycles. The van der Waals surface area contributed by atoms with E-state index in [4.69, 9.17) is 0 Å². The molecule has 20 heavy (non-hydrogen) atoms. The molecule has 2 aromatic heterocycles. The molecule has 0 radical (unpaired) electrons. The van der Waals surface area contributed by atoms with Gasteiger partial charge in [-0.2, -0.15) is 22.7 Å². The van der Waals surface area contributed by atoms with Crippen LogP contribution in [0.4, 0.5) is 0 Å². The maximum absolute atomic E-state index is 11.8. The molecule has 4 heteroatoms. The van der Waals surface area contributed by atoms with E-state index >= 15 is 0 Å². The Morgan fingerprint density at radius 1 is 0.850 bits per heavy atom. The van der Waals surface area contributed by atoms with Crippen molar-refractivity contribution in [1.29, 1.82) is 0 Å². The summed E-state index contributed by atoms with van der Waals surface area (Å²) in [5.74, 6) is 0.570. The van der Waals surface area contributed by atoms with Gasteiger partial charge < -0.3 is 9.59 Å². The average molecular weight is 300 g/mol. The van der Waals surface area contributed by atoms with Gasteiger partial charge >= 0.3 is 0 Å². The van der Waals surface area contributed by atoms with Crippen LogP contribution in [0.1, 0.15) is 46.9 Å². The highest BCUT2D eigenvalue weighted by molar-refractivity contribution is 7.08. The summed E-state index contributed by atoms with van der Waals surface area (Å²) >= 11 is 3.33. The fourth-order valence-electron chi connectivity index (χ4n) is 4.23. The van der Waals surface area contributed by atoms with Crippen molar-refractivity contribution in [2.45, 2.75) is 35.5 Å². The van der Waals surface area contributed by atoms with Crippen molar-refractivity contribution in [3.8, 4) is 0 Å². The zero-order valence-corrected chi connectivity index (χ0v) is 12.3. The van der Waals surface area contributed by atoms with E-state index in [0.717, 1.165) is 25.4 Å². The van der Waals surface area contributed by atoms with E-state index in [0.29, 0.717) is 0 Å². The molecule has 0 aromatic carbocycles. The van der Waals surface area contributed by atoms with Gasteiger partial charge in [0.05, 0.1) is 10.8 Å². The van der Waals surface area contributed by atoms with Gasteiger partial charge in [-0.3, -0.25) is 0 Å². The molecule has 0 amide bonds. The first kappa shape index (κ1) is 11.4. The summed E-state index contributed by atoms with van der Waals surface area (Å²) < 4.78 is 0. The van der Waals surface area contributed by atoms with Gasteiger partial charge in [0.25, 0.3) is 0 Å². The smallest absolute Gasteiger partial charge is 0.131 e. The Labute approximate surface area is 124 Å². The van der Waals surface area contributed by atoms with Gasteiger partial charge in [-0.1, -0.05) is 0 Å². The summed E-state index contributed by atoms with van der Waals surface area (Å²) in [6, 6.07) is 0. The van der Waals surface area contributed by atoms with Crippen LogP contribution in [0, 0.1) is 0 Å². The third-order valence-electron chi connectivity index (χ3n) is 5.57. The van der Waals surface area contributed by atoms with Gasteiger partial charge in [0.2, 0.25) is 0 Å². The van der Waals surface area contributed by atoms with Crippen LogP contribution in [0.3, 0.4) is 0 Å². The molecule has 5 rings (SSSR count). The Balaban J connectivity index is 1.82. The Morgan fingerprint density at radius 2 is 1.30 bits per heavy atom. The summed E-state index contributed by atoms with van der Waals surface area (Å²) in [5.41, 5.74) is 4.31. The number of aldehydes is 2. The Bertz CT molecular complexity index is 694. The van der Waals surface area contributed by atoms with E-state index in [1.807, 2.05) is 0 Å². The highest BCUT2D eigenvalue weighted by atomic mass is 32.1. The molecule has 100 valence electrons. The topological polar surface area (TPSA) is 34.1 Å². The summed E-state index contributed by atoms with van der Waals surface area (Å²) in [6.07, 6.45) is 4.12. The van der Waals surface area contributed by atoms with Gasteiger partial charge in [-0.25, -0.2) is 0 Å². The molecule has 4 atom stereocenters. The number of thiophene rings is 2. The first-order valence-corrected chi connectivity index (χ1v) is 8.71. The van der Waals surface area contributed by atoms with E-state index in [2.05, 4.69) is 21.5 Å². The molecule has 4 unspecified atom stereocenters. The maximum Gasteiger partial charge on any atom is 0.131 e. The summed E-state index contributed by atoms with van der Waals surface area (Å²) in [6.45, 7) is 0. The molecule has 3 aliphatic rings. The highest BCUT2D eigenvalue weighted by Crippen LogP contribution is 2.71. The molecule has 0 N–H and O–H groups in total. The van der Waals surface area contributed by atoms with E-state index in [-0.39, 0.29) is 22.7 Å². The lowest BCUT2D eigenvalue weighted by atomic mass is 9.81. The van der Waals surface area contributed by atoms with Crippen molar-refractivity contribution in [2.75, 3.05) is 0 Å². The minimum absolute atomic E-state index is 0.285. The standard InChI is InChI=1S/C16H12O2S2/c17-7-15-1-11(15)9-3-19-6-14(9)16(8-18)2-12(16)10-4-20-5-13(10)15/h3-8,11-12H,1-2H2. The van der Waals surface area contributed by atoms with E-state index in [9.17, 15) is 9.59 Å². The molecular formula is C16H12O2S2. The van der Waals surface area contributed by atoms with Crippen LogP contribution < -0.4 is 0 Å². The SMILES string of the molecule is O=CC12CC1c1cscc1C1(C=O)CC1c1cscc12. The number of hydrogen-bond acceptors (Lipinski definition) is 4. The van der Waals surface area contributed by atoms with Crippen LogP contribution >= 0.6 is 22.7 Å². The first-order chi connectivity index (χ1) is 9.77. The van der Waals surface area contributed by atoms with E-state index < -0.39 is 0 Å². The second-order valence-electron chi connectivity index (χ2n) is 6.31. The van der Waals surface area contributed by atoms with E-state index in [1.165, 1.54) is 22.3 Å². The lowest BCUT2D eigenvalue weighted by molar-refractivity contribution is -0.110. The van der Waals surface area contributed by atoms with Crippen LogP contribution in [0.2, 0.25) is 0 Å². The summed E-state index contributed by atoms with van der Waals surface area (Å²) in [5, 5.41) is 8.58. The summed E-state index contributed by atoms with van der Waals surface area (Å²) in [7, 11) is 0. The van der Waals surface area contributed by atoms with Gasteiger partial charge in [-0.15, -0.1) is 0 Å². The minimum Gasteiger partial charge on any atom is -0.302 e. The monoisotopic (exact) mass is 300 g/mol. The molecule has 3 aliphatic carbocycles. The van der Waals surface area contributed by atoms with Crippen LogP contribution in [0.15, 0.2) is 21.5 Å². The Morgan fingerprint density at radius 3 is 1.70 bits per heavy atom. The predicted octanol–water partition coefficient (Wildman–Crippen LogP) is 3.37. The van der Waals surface area contributed by atoms with Gasteiger partial charge in [0.15, 0.2) is 0 Å². The van der Waals surface area contributed by atoms with Crippen molar-refractivity contribution in [3.05, 3.63) is 43.8 Å². The number of carbonyl (C=O) groups excluding carboxylic acids is 2. The van der Waals surface area contributed by atoms with Crippen molar-refractivity contribution in [2.24, 2.45) is 0 Å². The number of carbonyl (C=O) groups is 2. The average Bonchev–Trinajstić information content (AvgIpc) is 3.23. The van der Waals surface area contributed by atoms with Crippen molar-refractivity contribution >= 4 is 35.2 Å². The van der Waals surface area contributed by atoms with Gasteiger partial charge in [-0.05, 0) is 56.6 Å². The maximum atomic E-state index is 11.8. The zero-order chi connectivity index (χ0) is 13.5. The number of fused-ring (bicyclic) bond motifs is 8. The second kappa shape index (κ2) is 3.31. The number of hydrogen-bond donors (Lipinski definition) is 0. The van der Waals surface area contributed by atoms with Crippen LogP contribution in [0.5, 0.6) is 0 Å². The second-order valence-corrected chi connectivity index (χ2v) is 7.80. The van der Waals surface area contributed by atoms with Crippen LogP contribution in [-0.2, 0) is 20.4 Å². The molecule has 2 saturated carbocycles. The fraction of sp³-hybridized carbons (Fsp3) is 0.375. The minimum atomic E-state index is -0.303. The predicted molar refractivity (Wildman–Crippen MR) is 78.8 cm³/mol. The van der Waals surface area contributed by atoms with Gasteiger partial charge in [0, 0.05) is 11.8 Å². The molecule has 0 bridgehead atoms. The third-order valence-corrected chi connectivity index (χ3v) is 7.09. The zero-order valence-electron chi connectivity index (χ0n) is 10.7. The van der Waals surface area contributed by atoms with Gasteiger partial charge in [0.1, 0.15) is 12.6 Å². The highest BCUT2D eigenvalue weighted by Gasteiger charge is 2.66. The Hall–Kier alpha value is -1.26. The molecule has 2 heterocycles. The van der Waals surface area contributed by atoms with Crippen LogP contribution in [0.25, 0.3) is 0 Å². The molecule has 0 aliphatic heterocycles. The van der Waals surface area contributed by atoms with Crippen molar-refractivity contribution < 1.29 is 9.59 Å². The van der Waals surface area contributed by atoms with Crippen molar-refractivity contribution in [3.63, 3.8) is 0 Å². The van der Waals surface area contributed by atoms with Crippen LogP contribution in [-0.4, -0.2) is 12.6 Å². The summed E-state index contributed by atoms with van der Waals surface area (Å²) in [4.78, 5) is 23.6. The molecule has 2 aromatic rings. The molecular weight excluding hydrogens is 288 g/mol. The lowest BCUT2D eigenvalue weighted by Crippen LogP contribution is -2.19.